The van der Waals surface area contributed by atoms with Crippen molar-refractivity contribution in [2.45, 2.75) is 25.8 Å². The number of benzene rings is 2. The third-order valence-corrected chi connectivity index (χ3v) is 4.76. The van der Waals surface area contributed by atoms with Gasteiger partial charge in [0.25, 0.3) is 0 Å². The summed E-state index contributed by atoms with van der Waals surface area (Å²) >= 11 is 0. The topological polar surface area (TPSA) is 29.5 Å². The van der Waals surface area contributed by atoms with Crippen molar-refractivity contribution in [3.63, 3.8) is 0 Å². The fourth-order valence-corrected chi connectivity index (χ4v) is 3.44. The average Bonchev–Trinajstić information content (AvgIpc) is 3.14. The van der Waals surface area contributed by atoms with Gasteiger partial charge in [-0.25, -0.2) is 4.39 Å². The summed E-state index contributed by atoms with van der Waals surface area (Å²) in [6.45, 7) is 3.99. The van der Waals surface area contributed by atoms with Crippen molar-refractivity contribution >= 4 is 5.91 Å². The van der Waals surface area contributed by atoms with Crippen LogP contribution >= 0.6 is 0 Å². The quantitative estimate of drug-likeness (QED) is 0.788. The van der Waals surface area contributed by atoms with Gasteiger partial charge in [0.05, 0.1) is 6.04 Å². The van der Waals surface area contributed by atoms with Crippen LogP contribution in [0.4, 0.5) is 4.39 Å². The van der Waals surface area contributed by atoms with Crippen LogP contribution in [0.15, 0.2) is 54.6 Å². The summed E-state index contributed by atoms with van der Waals surface area (Å²) in [5.41, 5.74) is 1.96. The lowest BCUT2D eigenvalue weighted by atomic mass is 9.95. The maximum atomic E-state index is 13.4. The minimum absolute atomic E-state index is 0.121. The molecule has 1 aliphatic heterocycles. The molecule has 2 atom stereocenters. The van der Waals surface area contributed by atoms with Gasteiger partial charge in [-0.2, -0.15) is 0 Å². The Morgan fingerprint density at radius 2 is 1.84 bits per heavy atom. The molecule has 0 aromatic heterocycles. The van der Waals surface area contributed by atoms with Crippen molar-refractivity contribution in [1.82, 2.24) is 4.90 Å². The van der Waals surface area contributed by atoms with Crippen LogP contribution in [0.5, 0.6) is 0 Å². The highest BCUT2D eigenvalue weighted by atomic mass is 19.1. The van der Waals surface area contributed by atoms with Gasteiger partial charge >= 0.3 is 0 Å². The molecule has 0 saturated carbocycles. The number of carbonyl (C=O) groups is 1. The molecule has 132 valence electrons. The Balaban J connectivity index is 1.90. The van der Waals surface area contributed by atoms with Gasteiger partial charge in [-0.15, -0.1) is 0 Å². The normalized spacial score (nSPS) is 18.1. The standard InChI is InChI=1S/C21H24FNO2/c1-2-23(20(24)14-16-12-13-25-15-16)21(17-6-4-3-5-7-17)18-8-10-19(22)11-9-18/h3-11,16,21H,2,12-15H2,1H3/t16-,21+/m1/s1. The zero-order chi connectivity index (χ0) is 17.6. The number of amides is 1. The fraction of sp³-hybridized carbons (Fsp3) is 0.381. The maximum absolute atomic E-state index is 13.4. The van der Waals surface area contributed by atoms with Crippen molar-refractivity contribution in [3.05, 3.63) is 71.5 Å². The van der Waals surface area contributed by atoms with Crippen molar-refractivity contribution in [2.75, 3.05) is 19.8 Å². The van der Waals surface area contributed by atoms with E-state index in [9.17, 15) is 9.18 Å². The van der Waals surface area contributed by atoms with E-state index < -0.39 is 0 Å². The van der Waals surface area contributed by atoms with Crippen LogP contribution in [0.1, 0.15) is 36.9 Å². The van der Waals surface area contributed by atoms with Gasteiger partial charge < -0.3 is 9.64 Å². The lowest BCUT2D eigenvalue weighted by Crippen LogP contribution is -2.36. The first-order valence-electron chi connectivity index (χ1n) is 8.86. The highest BCUT2D eigenvalue weighted by Gasteiger charge is 2.28. The molecule has 4 heteroatoms. The SMILES string of the molecule is CCN(C(=O)C[C@H]1CCOC1)[C@@H](c1ccccc1)c1ccc(F)cc1. The van der Waals surface area contributed by atoms with Crippen LogP contribution in [-0.4, -0.2) is 30.6 Å². The molecule has 2 aromatic carbocycles. The van der Waals surface area contributed by atoms with E-state index in [0.717, 1.165) is 24.2 Å². The van der Waals surface area contributed by atoms with Gasteiger partial charge in [-0.3, -0.25) is 4.79 Å². The van der Waals surface area contributed by atoms with Crippen LogP contribution in [0.2, 0.25) is 0 Å². The second kappa shape index (κ2) is 8.26. The molecule has 3 rings (SSSR count). The van der Waals surface area contributed by atoms with E-state index in [1.165, 1.54) is 12.1 Å². The predicted molar refractivity (Wildman–Crippen MR) is 95.6 cm³/mol. The Morgan fingerprint density at radius 1 is 1.16 bits per heavy atom. The van der Waals surface area contributed by atoms with Gasteiger partial charge in [0.2, 0.25) is 5.91 Å². The Hall–Kier alpha value is -2.20. The van der Waals surface area contributed by atoms with Gasteiger partial charge in [-0.05, 0) is 42.5 Å². The monoisotopic (exact) mass is 341 g/mol. The number of hydrogen-bond donors (Lipinski definition) is 0. The van der Waals surface area contributed by atoms with E-state index in [1.807, 2.05) is 42.2 Å². The summed E-state index contributed by atoms with van der Waals surface area (Å²) < 4.78 is 18.8. The minimum atomic E-state index is -0.270. The Kier molecular flexibility index (Phi) is 5.82. The summed E-state index contributed by atoms with van der Waals surface area (Å²) in [6, 6.07) is 16.2. The molecule has 0 spiro atoms. The maximum Gasteiger partial charge on any atom is 0.223 e. The van der Waals surface area contributed by atoms with Gasteiger partial charge in [0.1, 0.15) is 5.82 Å². The van der Waals surface area contributed by atoms with Crippen molar-refractivity contribution in [1.29, 1.82) is 0 Å². The highest BCUT2D eigenvalue weighted by Crippen LogP contribution is 2.30. The van der Waals surface area contributed by atoms with Crippen molar-refractivity contribution < 1.29 is 13.9 Å². The lowest BCUT2D eigenvalue weighted by molar-refractivity contribution is -0.133. The van der Waals surface area contributed by atoms with E-state index in [0.29, 0.717) is 25.5 Å². The second-order valence-electron chi connectivity index (χ2n) is 6.48. The molecule has 1 amide bonds. The molecule has 1 heterocycles. The molecule has 0 bridgehead atoms. The molecule has 3 nitrogen and oxygen atoms in total. The summed E-state index contributed by atoms with van der Waals surface area (Å²) in [4.78, 5) is 14.9. The third-order valence-electron chi connectivity index (χ3n) is 4.76. The van der Waals surface area contributed by atoms with E-state index in [4.69, 9.17) is 4.74 Å². The summed E-state index contributed by atoms with van der Waals surface area (Å²) in [5, 5.41) is 0. The molecular formula is C21H24FNO2. The molecule has 1 fully saturated rings. The molecule has 2 aromatic rings. The smallest absolute Gasteiger partial charge is 0.223 e. The van der Waals surface area contributed by atoms with Crippen molar-refractivity contribution in [3.8, 4) is 0 Å². The van der Waals surface area contributed by atoms with Crippen LogP contribution in [0.3, 0.4) is 0 Å². The van der Waals surface area contributed by atoms with Crippen LogP contribution in [0, 0.1) is 11.7 Å². The number of carbonyl (C=O) groups excluding carboxylic acids is 1. The fourth-order valence-electron chi connectivity index (χ4n) is 3.44. The number of hydrogen-bond acceptors (Lipinski definition) is 2. The first-order chi connectivity index (χ1) is 12.2. The Bertz CT molecular complexity index is 681. The summed E-state index contributed by atoms with van der Waals surface area (Å²) in [5.74, 6) is 0.149. The zero-order valence-corrected chi connectivity index (χ0v) is 14.5. The van der Waals surface area contributed by atoms with Crippen molar-refractivity contribution in [2.24, 2.45) is 5.92 Å². The molecular weight excluding hydrogens is 317 g/mol. The third kappa shape index (κ3) is 4.26. The first kappa shape index (κ1) is 17.6. The molecule has 1 saturated heterocycles. The Labute approximate surface area is 148 Å². The molecule has 0 unspecified atom stereocenters. The van der Waals surface area contributed by atoms with Crippen LogP contribution in [-0.2, 0) is 9.53 Å². The molecule has 25 heavy (non-hydrogen) atoms. The predicted octanol–water partition coefficient (Wildman–Crippen LogP) is 4.19. The molecule has 1 aliphatic rings. The largest absolute Gasteiger partial charge is 0.381 e. The highest BCUT2D eigenvalue weighted by molar-refractivity contribution is 5.77. The van der Waals surface area contributed by atoms with Gasteiger partial charge in [-0.1, -0.05) is 42.5 Å². The Morgan fingerprint density at radius 3 is 2.44 bits per heavy atom. The van der Waals surface area contributed by atoms with E-state index in [1.54, 1.807) is 12.1 Å². The number of ether oxygens (including phenoxy) is 1. The van der Waals surface area contributed by atoms with Crippen LogP contribution in [0.25, 0.3) is 0 Å². The summed E-state index contributed by atoms with van der Waals surface area (Å²) in [7, 11) is 0. The number of rotatable bonds is 6. The lowest BCUT2D eigenvalue weighted by Gasteiger charge is -2.32. The molecule has 0 N–H and O–H groups in total. The second-order valence-corrected chi connectivity index (χ2v) is 6.48. The minimum Gasteiger partial charge on any atom is -0.381 e. The van der Waals surface area contributed by atoms with E-state index in [2.05, 4.69) is 0 Å². The summed E-state index contributed by atoms with van der Waals surface area (Å²) in [6.07, 6.45) is 1.44. The number of nitrogens with zero attached hydrogens (tertiary/aromatic N) is 1. The zero-order valence-electron chi connectivity index (χ0n) is 14.5. The average molecular weight is 341 g/mol. The van der Waals surface area contributed by atoms with E-state index >= 15 is 0 Å². The molecule has 0 aliphatic carbocycles. The van der Waals surface area contributed by atoms with Crippen LogP contribution < -0.4 is 0 Å². The van der Waals surface area contributed by atoms with Gasteiger partial charge in [0, 0.05) is 26.2 Å². The first-order valence-corrected chi connectivity index (χ1v) is 8.86. The van der Waals surface area contributed by atoms with Gasteiger partial charge in [0.15, 0.2) is 0 Å². The number of halogens is 1. The van der Waals surface area contributed by atoms with E-state index in [-0.39, 0.29) is 17.8 Å². The molecule has 0 radical (unpaired) electrons.